The van der Waals surface area contributed by atoms with E-state index in [1.165, 1.54) is 0 Å². The van der Waals surface area contributed by atoms with Gasteiger partial charge >= 0.3 is 0 Å². The first-order valence-corrected chi connectivity index (χ1v) is 8.71. The molecule has 1 aliphatic rings. The summed E-state index contributed by atoms with van der Waals surface area (Å²) in [7, 11) is 3.85. The summed E-state index contributed by atoms with van der Waals surface area (Å²) in [5, 5.41) is 0. The smallest absolute Gasteiger partial charge is 0.236 e. The Bertz CT molecular complexity index is 700. The molecule has 0 aromatic carbocycles. The van der Waals surface area contributed by atoms with Gasteiger partial charge in [0.2, 0.25) is 5.91 Å². The van der Waals surface area contributed by atoms with Crippen molar-refractivity contribution in [1.82, 2.24) is 24.3 Å². The van der Waals surface area contributed by atoms with Crippen molar-refractivity contribution in [2.24, 2.45) is 7.05 Å². The second-order valence-electron chi connectivity index (χ2n) is 6.77. The molecule has 1 saturated heterocycles. The van der Waals surface area contributed by atoms with Gasteiger partial charge in [0.05, 0.1) is 19.6 Å². The SMILES string of the molecule is Cc1ccc(CN(C)C(=O)CN2CCN(Cc3nccn3C)CC2)o1. The van der Waals surface area contributed by atoms with Gasteiger partial charge in [-0.15, -0.1) is 0 Å². The van der Waals surface area contributed by atoms with Crippen LogP contribution in [0.25, 0.3) is 0 Å². The van der Waals surface area contributed by atoms with Crippen LogP contribution in [0.15, 0.2) is 28.9 Å². The third-order valence-electron chi connectivity index (χ3n) is 4.72. The number of nitrogens with zero attached hydrogens (tertiary/aromatic N) is 5. The maximum Gasteiger partial charge on any atom is 0.236 e. The molecule has 0 spiro atoms. The first kappa shape index (κ1) is 17.7. The van der Waals surface area contributed by atoms with E-state index in [0.717, 1.165) is 50.1 Å². The van der Waals surface area contributed by atoms with Gasteiger partial charge < -0.3 is 13.9 Å². The molecule has 7 heteroatoms. The molecule has 0 unspecified atom stereocenters. The Morgan fingerprint density at radius 2 is 1.96 bits per heavy atom. The van der Waals surface area contributed by atoms with Crippen molar-refractivity contribution in [3.05, 3.63) is 41.9 Å². The molecule has 2 aromatic rings. The molecule has 0 aliphatic carbocycles. The molecule has 0 atom stereocenters. The fourth-order valence-corrected chi connectivity index (χ4v) is 3.06. The molecule has 1 fully saturated rings. The number of imidazole rings is 1. The number of furan rings is 1. The van der Waals surface area contributed by atoms with Crippen molar-refractivity contribution in [1.29, 1.82) is 0 Å². The quantitative estimate of drug-likeness (QED) is 0.785. The van der Waals surface area contributed by atoms with Gasteiger partial charge in [-0.1, -0.05) is 0 Å². The van der Waals surface area contributed by atoms with Crippen molar-refractivity contribution in [2.75, 3.05) is 39.8 Å². The Morgan fingerprint density at radius 3 is 2.56 bits per heavy atom. The molecule has 3 heterocycles. The summed E-state index contributed by atoms with van der Waals surface area (Å²) in [6.07, 6.45) is 3.81. The van der Waals surface area contributed by atoms with Crippen LogP contribution < -0.4 is 0 Å². The Balaban J connectivity index is 1.42. The second-order valence-corrected chi connectivity index (χ2v) is 6.77. The largest absolute Gasteiger partial charge is 0.464 e. The molecule has 3 rings (SSSR count). The average Bonchev–Trinajstić information content (AvgIpc) is 3.18. The number of rotatable bonds is 6. The molecule has 1 aliphatic heterocycles. The number of likely N-dealkylation sites (N-methyl/N-ethyl adjacent to an activating group) is 1. The van der Waals surface area contributed by atoms with E-state index in [9.17, 15) is 4.79 Å². The molecule has 2 aromatic heterocycles. The van der Waals surface area contributed by atoms with E-state index in [0.29, 0.717) is 13.1 Å². The van der Waals surface area contributed by atoms with Gasteiger partial charge in [-0.25, -0.2) is 4.98 Å². The number of hydrogen-bond acceptors (Lipinski definition) is 5. The van der Waals surface area contributed by atoms with Crippen molar-refractivity contribution in [2.45, 2.75) is 20.0 Å². The molecule has 136 valence electrons. The second kappa shape index (κ2) is 7.84. The molecule has 0 saturated carbocycles. The zero-order valence-corrected chi connectivity index (χ0v) is 15.3. The van der Waals surface area contributed by atoms with Crippen LogP contribution in [0.5, 0.6) is 0 Å². The van der Waals surface area contributed by atoms with E-state index in [-0.39, 0.29) is 5.91 Å². The number of piperazine rings is 1. The highest BCUT2D eigenvalue weighted by atomic mass is 16.3. The van der Waals surface area contributed by atoms with Crippen LogP contribution in [0.4, 0.5) is 0 Å². The summed E-state index contributed by atoms with van der Waals surface area (Å²) in [6.45, 7) is 7.49. The van der Waals surface area contributed by atoms with Gasteiger partial charge in [0, 0.05) is 52.7 Å². The third-order valence-corrected chi connectivity index (χ3v) is 4.72. The number of carbonyl (C=O) groups excluding carboxylic acids is 1. The Hall–Kier alpha value is -2.12. The van der Waals surface area contributed by atoms with Crippen molar-refractivity contribution >= 4 is 5.91 Å². The monoisotopic (exact) mass is 345 g/mol. The first-order chi connectivity index (χ1) is 12.0. The minimum absolute atomic E-state index is 0.131. The molecule has 0 N–H and O–H groups in total. The van der Waals surface area contributed by atoms with Crippen LogP contribution in [0.1, 0.15) is 17.3 Å². The highest BCUT2D eigenvalue weighted by Crippen LogP contribution is 2.10. The average molecular weight is 345 g/mol. The van der Waals surface area contributed by atoms with Crippen molar-refractivity contribution in [3.8, 4) is 0 Å². The lowest BCUT2D eigenvalue weighted by molar-refractivity contribution is -0.132. The lowest BCUT2D eigenvalue weighted by Gasteiger charge is -2.34. The van der Waals surface area contributed by atoms with Gasteiger partial charge in [0.1, 0.15) is 17.3 Å². The molecule has 7 nitrogen and oxygen atoms in total. The summed E-state index contributed by atoms with van der Waals surface area (Å²) >= 11 is 0. The third kappa shape index (κ3) is 4.70. The van der Waals surface area contributed by atoms with Crippen LogP contribution in [-0.4, -0.2) is 69.9 Å². The molecular formula is C18H27N5O2. The van der Waals surface area contributed by atoms with Crippen LogP contribution in [0, 0.1) is 6.92 Å². The van der Waals surface area contributed by atoms with E-state index in [2.05, 4.69) is 19.4 Å². The van der Waals surface area contributed by atoms with E-state index in [1.54, 1.807) is 4.90 Å². The van der Waals surface area contributed by atoms with E-state index in [1.807, 2.05) is 45.5 Å². The summed E-state index contributed by atoms with van der Waals surface area (Å²) < 4.78 is 7.60. The van der Waals surface area contributed by atoms with Crippen LogP contribution in [0.2, 0.25) is 0 Å². The fraction of sp³-hybridized carbons (Fsp3) is 0.556. The van der Waals surface area contributed by atoms with E-state index in [4.69, 9.17) is 4.42 Å². The topological polar surface area (TPSA) is 57.8 Å². The van der Waals surface area contributed by atoms with E-state index >= 15 is 0 Å². The van der Waals surface area contributed by atoms with Crippen molar-refractivity contribution < 1.29 is 9.21 Å². The predicted molar refractivity (Wildman–Crippen MR) is 94.8 cm³/mol. The van der Waals surface area contributed by atoms with Crippen LogP contribution in [-0.2, 0) is 24.9 Å². The van der Waals surface area contributed by atoms with E-state index < -0.39 is 0 Å². The zero-order chi connectivity index (χ0) is 17.8. The maximum absolute atomic E-state index is 12.4. The first-order valence-electron chi connectivity index (χ1n) is 8.71. The minimum Gasteiger partial charge on any atom is -0.464 e. The van der Waals surface area contributed by atoms with Gasteiger partial charge in [0.15, 0.2) is 0 Å². The highest BCUT2D eigenvalue weighted by Gasteiger charge is 2.21. The zero-order valence-electron chi connectivity index (χ0n) is 15.3. The normalized spacial score (nSPS) is 16.3. The number of hydrogen-bond donors (Lipinski definition) is 0. The summed E-state index contributed by atoms with van der Waals surface area (Å²) in [4.78, 5) is 23.1. The highest BCUT2D eigenvalue weighted by molar-refractivity contribution is 5.77. The van der Waals surface area contributed by atoms with Crippen molar-refractivity contribution in [3.63, 3.8) is 0 Å². The standard InChI is InChI=1S/C18H27N5O2/c1-15-4-5-16(25-15)12-21(3)18(24)14-23-10-8-22(9-11-23)13-17-19-6-7-20(17)2/h4-7H,8-14H2,1-3H3. The lowest BCUT2D eigenvalue weighted by Crippen LogP contribution is -2.49. The number of amides is 1. The number of aryl methyl sites for hydroxylation is 2. The van der Waals surface area contributed by atoms with Crippen LogP contribution in [0.3, 0.4) is 0 Å². The van der Waals surface area contributed by atoms with Crippen LogP contribution >= 0.6 is 0 Å². The Morgan fingerprint density at radius 1 is 1.24 bits per heavy atom. The Labute approximate surface area is 148 Å². The summed E-state index contributed by atoms with van der Waals surface area (Å²) in [5.41, 5.74) is 0. The molecule has 1 amide bonds. The minimum atomic E-state index is 0.131. The molecule has 25 heavy (non-hydrogen) atoms. The summed E-state index contributed by atoms with van der Waals surface area (Å²) in [6, 6.07) is 3.85. The summed E-state index contributed by atoms with van der Waals surface area (Å²) in [5.74, 6) is 2.91. The van der Waals surface area contributed by atoms with Gasteiger partial charge in [-0.2, -0.15) is 0 Å². The number of carbonyl (C=O) groups is 1. The molecule has 0 bridgehead atoms. The van der Waals surface area contributed by atoms with Gasteiger partial charge in [-0.05, 0) is 19.1 Å². The van der Waals surface area contributed by atoms with Gasteiger partial charge in [0.25, 0.3) is 0 Å². The lowest BCUT2D eigenvalue weighted by atomic mass is 10.3. The fourth-order valence-electron chi connectivity index (χ4n) is 3.06. The molecular weight excluding hydrogens is 318 g/mol. The Kier molecular flexibility index (Phi) is 5.55. The predicted octanol–water partition coefficient (Wildman–Crippen LogP) is 1.10. The maximum atomic E-state index is 12.4. The molecule has 0 radical (unpaired) electrons. The number of aromatic nitrogens is 2. The van der Waals surface area contributed by atoms with Gasteiger partial charge in [-0.3, -0.25) is 14.6 Å².